The molecule has 1 aliphatic heterocycles. The van der Waals surface area contributed by atoms with E-state index >= 15 is 0 Å². The van der Waals surface area contributed by atoms with Gasteiger partial charge in [0.05, 0.1) is 16.7 Å². The Balaban J connectivity index is 1.76. The number of carbonyl (C=O) groups excluding carboxylic acids is 1. The molecule has 3 aromatic carbocycles. The van der Waals surface area contributed by atoms with Crippen molar-refractivity contribution < 1.29 is 14.5 Å². The second-order valence-corrected chi connectivity index (χ2v) is 7.32. The number of nitrogens with zero attached hydrogens (tertiary/aromatic N) is 1. The summed E-state index contributed by atoms with van der Waals surface area (Å²) in [7, 11) is 0. The highest BCUT2D eigenvalue weighted by atomic mass is 16.6. The van der Waals surface area contributed by atoms with Gasteiger partial charge in [-0.3, -0.25) is 10.1 Å². The molecule has 1 aromatic heterocycles. The molecular weight excluding hydrogens is 382 g/mol. The van der Waals surface area contributed by atoms with E-state index in [2.05, 4.69) is 10.3 Å². The number of carbonyl (C=O) groups is 1. The fourth-order valence-electron chi connectivity index (χ4n) is 3.95. The topological polar surface area (TPSA) is 97.3 Å². The van der Waals surface area contributed by atoms with Crippen LogP contribution in [0.15, 0.2) is 72.9 Å². The largest absolute Gasteiger partial charge is 0.422 e. The van der Waals surface area contributed by atoms with Gasteiger partial charge < -0.3 is 15.0 Å². The van der Waals surface area contributed by atoms with Gasteiger partial charge in [-0.1, -0.05) is 48.0 Å². The number of nitro benzene ring substituents is 1. The van der Waals surface area contributed by atoms with Gasteiger partial charge >= 0.3 is 5.97 Å². The van der Waals surface area contributed by atoms with Gasteiger partial charge in [0.25, 0.3) is 5.69 Å². The highest BCUT2D eigenvalue weighted by molar-refractivity contribution is 6.01. The maximum atomic E-state index is 13.5. The Morgan fingerprint density at radius 3 is 2.57 bits per heavy atom. The lowest BCUT2D eigenvalue weighted by Gasteiger charge is -2.37. The van der Waals surface area contributed by atoms with Crippen molar-refractivity contribution in [1.82, 2.24) is 4.98 Å². The summed E-state index contributed by atoms with van der Waals surface area (Å²) in [6.07, 6.45) is 1.80. The number of hydrogen-bond donors (Lipinski definition) is 2. The van der Waals surface area contributed by atoms with Crippen molar-refractivity contribution in [2.24, 2.45) is 0 Å². The Kier molecular flexibility index (Phi) is 3.86. The molecule has 0 spiro atoms. The number of H-pyrrole nitrogens is 1. The summed E-state index contributed by atoms with van der Waals surface area (Å²) in [6.45, 7) is 1.98. The van der Waals surface area contributed by atoms with E-state index in [0.29, 0.717) is 11.3 Å². The highest BCUT2D eigenvalue weighted by Crippen LogP contribution is 2.45. The van der Waals surface area contributed by atoms with Crippen LogP contribution >= 0.6 is 0 Å². The molecule has 30 heavy (non-hydrogen) atoms. The van der Waals surface area contributed by atoms with Crippen LogP contribution in [-0.4, -0.2) is 15.9 Å². The third kappa shape index (κ3) is 2.56. The minimum atomic E-state index is -1.31. The molecular formula is C23H17N3O4. The van der Waals surface area contributed by atoms with E-state index in [4.69, 9.17) is 4.74 Å². The maximum Gasteiger partial charge on any atom is 0.346 e. The van der Waals surface area contributed by atoms with Crippen molar-refractivity contribution in [2.75, 3.05) is 5.32 Å². The van der Waals surface area contributed by atoms with Gasteiger partial charge in [0.15, 0.2) is 11.3 Å². The van der Waals surface area contributed by atoms with Crippen molar-refractivity contribution in [3.63, 3.8) is 0 Å². The number of anilines is 1. The van der Waals surface area contributed by atoms with E-state index in [1.54, 1.807) is 12.3 Å². The predicted molar refractivity (Wildman–Crippen MR) is 113 cm³/mol. The third-order valence-corrected chi connectivity index (χ3v) is 5.48. The average molecular weight is 399 g/mol. The molecule has 7 nitrogen and oxygen atoms in total. The minimum Gasteiger partial charge on any atom is -0.422 e. The van der Waals surface area contributed by atoms with Gasteiger partial charge in [0.2, 0.25) is 0 Å². The molecule has 0 unspecified atom stereocenters. The van der Waals surface area contributed by atoms with E-state index in [1.165, 1.54) is 12.1 Å². The molecule has 0 fully saturated rings. The average Bonchev–Trinajstić information content (AvgIpc) is 3.18. The zero-order valence-electron chi connectivity index (χ0n) is 16.0. The van der Waals surface area contributed by atoms with E-state index in [0.717, 1.165) is 22.0 Å². The minimum absolute atomic E-state index is 0.136. The molecule has 0 bridgehead atoms. The molecule has 148 valence electrons. The SMILES string of the molecule is Cc1ccc([C@]2(c3c[nH]c4ccccc34)Nc3ccc([N+](=O)[O-])cc3OC2=O)cc1. The Labute approximate surface area is 171 Å². The first-order valence-corrected chi connectivity index (χ1v) is 9.42. The first kappa shape index (κ1) is 17.9. The Hall–Kier alpha value is -4.13. The number of nitrogens with one attached hydrogen (secondary N) is 2. The van der Waals surface area contributed by atoms with Crippen molar-refractivity contribution in [3.8, 4) is 5.75 Å². The molecule has 2 heterocycles. The van der Waals surface area contributed by atoms with E-state index in [9.17, 15) is 14.9 Å². The number of fused-ring (bicyclic) bond motifs is 2. The van der Waals surface area contributed by atoms with Gasteiger partial charge in [0.1, 0.15) is 0 Å². The van der Waals surface area contributed by atoms with Crippen molar-refractivity contribution in [1.29, 1.82) is 0 Å². The number of para-hydroxylation sites is 1. The van der Waals surface area contributed by atoms with Gasteiger partial charge in [-0.15, -0.1) is 0 Å². The Morgan fingerprint density at radius 2 is 1.80 bits per heavy atom. The van der Waals surface area contributed by atoms with Gasteiger partial charge in [-0.25, -0.2) is 4.79 Å². The lowest BCUT2D eigenvalue weighted by Crippen LogP contribution is -2.49. The molecule has 4 aromatic rings. The van der Waals surface area contributed by atoms with Crippen LogP contribution in [0.5, 0.6) is 5.75 Å². The number of esters is 1. The summed E-state index contributed by atoms with van der Waals surface area (Å²) < 4.78 is 5.68. The number of hydrogen-bond acceptors (Lipinski definition) is 5. The smallest absolute Gasteiger partial charge is 0.346 e. The highest BCUT2D eigenvalue weighted by Gasteiger charge is 2.49. The van der Waals surface area contributed by atoms with Gasteiger partial charge in [0, 0.05) is 28.7 Å². The number of non-ortho nitro benzene ring substituents is 1. The zero-order chi connectivity index (χ0) is 20.9. The fraction of sp³-hybridized carbons (Fsp3) is 0.0870. The van der Waals surface area contributed by atoms with Crippen molar-refractivity contribution in [2.45, 2.75) is 12.5 Å². The van der Waals surface area contributed by atoms with Crippen LogP contribution < -0.4 is 10.1 Å². The lowest BCUT2D eigenvalue weighted by molar-refractivity contribution is -0.384. The van der Waals surface area contributed by atoms with Crippen molar-refractivity contribution in [3.05, 3.63) is 99.7 Å². The van der Waals surface area contributed by atoms with Gasteiger partial charge in [-0.2, -0.15) is 0 Å². The first-order chi connectivity index (χ1) is 14.5. The molecule has 1 atom stereocenters. The standard InChI is InChI=1S/C23H17N3O4/c1-14-6-8-15(9-7-14)23(18-13-24-19-5-3-2-4-17(18)19)22(27)30-21-12-16(26(28)29)10-11-20(21)25-23/h2-13,24-25H,1H3/t23-/m1/s1. The number of rotatable bonds is 3. The van der Waals surface area contributed by atoms with Crippen LogP contribution in [0, 0.1) is 17.0 Å². The van der Waals surface area contributed by atoms with Crippen molar-refractivity contribution >= 4 is 28.2 Å². The molecule has 1 aliphatic rings. The van der Waals surface area contributed by atoms with Crippen LogP contribution in [0.1, 0.15) is 16.7 Å². The molecule has 0 saturated carbocycles. The number of nitro groups is 1. The fourth-order valence-corrected chi connectivity index (χ4v) is 3.95. The van der Waals surface area contributed by atoms with Gasteiger partial charge in [-0.05, 0) is 24.6 Å². The third-order valence-electron chi connectivity index (χ3n) is 5.48. The van der Waals surface area contributed by atoms with Crippen LogP contribution in [0.4, 0.5) is 11.4 Å². The molecule has 0 amide bonds. The molecule has 0 radical (unpaired) electrons. The second kappa shape index (κ2) is 6.45. The number of benzene rings is 3. The summed E-state index contributed by atoms with van der Waals surface area (Å²) in [5.74, 6) is -0.416. The molecule has 0 saturated heterocycles. The molecule has 5 rings (SSSR count). The summed E-state index contributed by atoms with van der Waals surface area (Å²) in [5, 5.41) is 15.3. The number of ether oxygens (including phenoxy) is 1. The van der Waals surface area contributed by atoms with Crippen LogP contribution in [0.3, 0.4) is 0 Å². The van der Waals surface area contributed by atoms with Crippen LogP contribution in [0.25, 0.3) is 10.9 Å². The lowest BCUT2D eigenvalue weighted by atomic mass is 9.81. The molecule has 7 heteroatoms. The van der Waals surface area contributed by atoms with Crippen LogP contribution in [-0.2, 0) is 10.3 Å². The quantitative estimate of drug-likeness (QED) is 0.226. The summed E-state index contributed by atoms with van der Waals surface area (Å²) in [5.41, 5.74) is 2.44. The second-order valence-electron chi connectivity index (χ2n) is 7.32. The van der Waals surface area contributed by atoms with E-state index in [-0.39, 0.29) is 11.4 Å². The van der Waals surface area contributed by atoms with Crippen LogP contribution in [0.2, 0.25) is 0 Å². The Morgan fingerprint density at radius 1 is 1.03 bits per heavy atom. The summed E-state index contributed by atoms with van der Waals surface area (Å²) >= 11 is 0. The predicted octanol–water partition coefficient (Wildman–Crippen LogP) is 4.66. The number of aromatic nitrogens is 1. The molecule has 2 N–H and O–H groups in total. The monoisotopic (exact) mass is 399 g/mol. The zero-order valence-corrected chi connectivity index (χ0v) is 16.0. The maximum absolute atomic E-state index is 13.5. The Bertz CT molecular complexity index is 1310. The summed E-state index contributed by atoms with van der Waals surface area (Å²) in [4.78, 5) is 27.3. The number of aromatic amines is 1. The summed E-state index contributed by atoms with van der Waals surface area (Å²) in [6, 6.07) is 19.6. The molecule has 0 aliphatic carbocycles. The first-order valence-electron chi connectivity index (χ1n) is 9.42. The normalized spacial score (nSPS) is 17.8. The van der Waals surface area contributed by atoms with E-state index in [1.807, 2.05) is 55.5 Å². The van der Waals surface area contributed by atoms with E-state index < -0.39 is 16.4 Å². The number of aryl methyl sites for hydroxylation is 1.